The molecule has 0 aliphatic carbocycles. The molecule has 5 aromatic rings. The van der Waals surface area contributed by atoms with Crippen LogP contribution in [-0.2, 0) is 11.1 Å². The summed E-state index contributed by atoms with van der Waals surface area (Å²) in [4.78, 5) is 8.66. The fraction of sp³-hybridized carbons (Fsp3) is 0.241. The Morgan fingerprint density at radius 1 is 0.657 bits per heavy atom. The maximum atomic E-state index is 15.6. The molecule has 0 radical (unpaired) electrons. The zero-order valence-corrected chi connectivity index (χ0v) is 19.8. The van der Waals surface area contributed by atoms with Gasteiger partial charge in [0.15, 0.2) is 0 Å². The van der Waals surface area contributed by atoms with Gasteiger partial charge >= 0.3 is 6.18 Å². The molecular formula is C29H24F4N2. The lowest BCUT2D eigenvalue weighted by Gasteiger charge is -2.27. The summed E-state index contributed by atoms with van der Waals surface area (Å²) in [6, 6.07) is 20.2. The first-order valence-electron chi connectivity index (χ1n) is 11.4. The topological polar surface area (TPSA) is 25.8 Å². The van der Waals surface area contributed by atoms with Crippen LogP contribution >= 0.6 is 0 Å². The smallest absolute Gasteiger partial charge is 0.236 e. The standard InChI is InChI=1S/C29H24F4N2/c1-27(2,3)23-15-19(13-17-9-5-7-11-20(17)23)25-22-14-18-10-6-8-12-21(18)24(26(22)35-16-34-25)28(4,30)29(31,32)33/h5-16H,1-4H3. The Morgan fingerprint density at radius 2 is 1.26 bits per heavy atom. The van der Waals surface area contributed by atoms with Crippen LogP contribution in [0.3, 0.4) is 0 Å². The van der Waals surface area contributed by atoms with Gasteiger partial charge in [-0.05, 0) is 57.6 Å². The van der Waals surface area contributed by atoms with Gasteiger partial charge in [0, 0.05) is 16.5 Å². The van der Waals surface area contributed by atoms with E-state index in [1.54, 1.807) is 24.3 Å². The number of nitrogens with zero attached hydrogens (tertiary/aromatic N) is 2. The molecule has 0 saturated carbocycles. The van der Waals surface area contributed by atoms with Crippen molar-refractivity contribution in [2.75, 3.05) is 0 Å². The minimum Gasteiger partial charge on any atom is -0.236 e. The van der Waals surface area contributed by atoms with E-state index >= 15 is 4.39 Å². The monoisotopic (exact) mass is 476 g/mol. The number of halogens is 4. The molecule has 0 amide bonds. The molecule has 0 spiro atoms. The van der Waals surface area contributed by atoms with Crippen LogP contribution in [0, 0.1) is 0 Å². The Balaban J connectivity index is 1.91. The van der Waals surface area contributed by atoms with Crippen LogP contribution in [-0.4, -0.2) is 16.1 Å². The van der Waals surface area contributed by atoms with E-state index in [2.05, 4.69) is 36.8 Å². The third-order valence-electron chi connectivity index (χ3n) is 6.60. The lowest BCUT2D eigenvalue weighted by Crippen LogP contribution is -2.35. The van der Waals surface area contributed by atoms with Crippen LogP contribution < -0.4 is 0 Å². The van der Waals surface area contributed by atoms with Crippen molar-refractivity contribution in [3.05, 3.63) is 84.2 Å². The van der Waals surface area contributed by atoms with Gasteiger partial charge in [-0.25, -0.2) is 14.4 Å². The van der Waals surface area contributed by atoms with Crippen molar-refractivity contribution in [3.63, 3.8) is 0 Å². The van der Waals surface area contributed by atoms with E-state index in [1.165, 1.54) is 12.4 Å². The molecule has 6 heteroatoms. The Hall–Kier alpha value is -3.54. The molecular weight excluding hydrogens is 452 g/mol. The van der Waals surface area contributed by atoms with Crippen LogP contribution in [0.2, 0.25) is 0 Å². The first-order valence-corrected chi connectivity index (χ1v) is 11.4. The molecule has 0 bridgehead atoms. The minimum absolute atomic E-state index is 0.0403. The Kier molecular flexibility index (Phi) is 5.13. The van der Waals surface area contributed by atoms with E-state index < -0.39 is 17.4 Å². The Morgan fingerprint density at radius 3 is 1.89 bits per heavy atom. The molecule has 1 aromatic heterocycles. The minimum atomic E-state index is -5.11. The molecule has 1 unspecified atom stereocenters. The summed E-state index contributed by atoms with van der Waals surface area (Å²) in [7, 11) is 0. The third kappa shape index (κ3) is 3.72. The predicted octanol–water partition coefficient (Wildman–Crippen LogP) is 8.65. The molecule has 0 saturated heterocycles. The van der Waals surface area contributed by atoms with Crippen LogP contribution in [0.1, 0.15) is 38.8 Å². The molecule has 0 N–H and O–H groups in total. The zero-order chi connectivity index (χ0) is 25.2. The van der Waals surface area contributed by atoms with Gasteiger partial charge < -0.3 is 0 Å². The number of hydrogen-bond acceptors (Lipinski definition) is 2. The summed E-state index contributed by atoms with van der Waals surface area (Å²) < 4.78 is 57.4. The second kappa shape index (κ2) is 7.74. The van der Waals surface area contributed by atoms with E-state index in [9.17, 15) is 13.2 Å². The number of aromatic nitrogens is 2. The fourth-order valence-corrected chi connectivity index (χ4v) is 4.78. The quantitative estimate of drug-likeness (QED) is 0.188. The summed E-state index contributed by atoms with van der Waals surface area (Å²) in [6.07, 6.45) is -3.90. The lowest BCUT2D eigenvalue weighted by atomic mass is 9.82. The van der Waals surface area contributed by atoms with E-state index in [0.717, 1.165) is 21.9 Å². The van der Waals surface area contributed by atoms with E-state index in [0.29, 0.717) is 23.4 Å². The summed E-state index contributed by atoms with van der Waals surface area (Å²) in [5.74, 6) is 0. The molecule has 5 rings (SSSR count). The highest BCUT2D eigenvalue weighted by atomic mass is 19.4. The SMILES string of the molecule is CC(C)(C)c1cc(-c2ncnc3c(C(C)(F)C(F)(F)F)c4ccccc4cc23)cc2ccccc12. The zero-order valence-electron chi connectivity index (χ0n) is 19.8. The third-order valence-corrected chi connectivity index (χ3v) is 6.60. The molecule has 2 nitrogen and oxygen atoms in total. The molecule has 178 valence electrons. The molecule has 0 fully saturated rings. The molecule has 1 heterocycles. The first kappa shape index (κ1) is 23.2. The number of fused-ring (bicyclic) bond motifs is 3. The Bertz CT molecular complexity index is 1590. The van der Waals surface area contributed by atoms with Crippen LogP contribution in [0.15, 0.2) is 73.1 Å². The average molecular weight is 477 g/mol. The Labute approximate surface area is 200 Å². The van der Waals surface area contributed by atoms with Crippen molar-refractivity contribution in [3.8, 4) is 11.3 Å². The van der Waals surface area contributed by atoms with Crippen molar-refractivity contribution in [2.24, 2.45) is 0 Å². The number of rotatable bonds is 2. The van der Waals surface area contributed by atoms with E-state index in [4.69, 9.17) is 0 Å². The van der Waals surface area contributed by atoms with Gasteiger partial charge in [-0.3, -0.25) is 0 Å². The van der Waals surface area contributed by atoms with Crippen LogP contribution in [0.25, 0.3) is 43.7 Å². The van der Waals surface area contributed by atoms with Crippen molar-refractivity contribution in [2.45, 2.75) is 45.0 Å². The predicted molar refractivity (Wildman–Crippen MR) is 133 cm³/mol. The highest BCUT2D eigenvalue weighted by Gasteiger charge is 2.55. The summed E-state index contributed by atoms with van der Waals surface area (Å²) in [6.45, 7) is 6.89. The number of hydrogen-bond donors (Lipinski definition) is 0. The van der Waals surface area contributed by atoms with Gasteiger partial charge in [0.05, 0.1) is 11.2 Å². The van der Waals surface area contributed by atoms with Crippen LogP contribution in [0.5, 0.6) is 0 Å². The van der Waals surface area contributed by atoms with Gasteiger partial charge in [-0.1, -0.05) is 69.3 Å². The maximum absolute atomic E-state index is 15.6. The molecule has 1 atom stereocenters. The second-order valence-corrected chi connectivity index (χ2v) is 10.1. The van der Waals surface area contributed by atoms with Crippen molar-refractivity contribution in [1.29, 1.82) is 0 Å². The lowest BCUT2D eigenvalue weighted by molar-refractivity contribution is -0.227. The molecule has 35 heavy (non-hydrogen) atoms. The van der Waals surface area contributed by atoms with E-state index in [1.807, 2.05) is 30.3 Å². The highest BCUT2D eigenvalue weighted by molar-refractivity contribution is 6.06. The number of alkyl halides is 4. The normalized spacial score (nSPS) is 14.5. The average Bonchev–Trinajstić information content (AvgIpc) is 2.80. The van der Waals surface area contributed by atoms with Crippen molar-refractivity contribution >= 4 is 32.4 Å². The van der Waals surface area contributed by atoms with Crippen molar-refractivity contribution in [1.82, 2.24) is 9.97 Å². The fourth-order valence-electron chi connectivity index (χ4n) is 4.78. The highest BCUT2D eigenvalue weighted by Crippen LogP contribution is 2.48. The van der Waals surface area contributed by atoms with Crippen LogP contribution in [0.4, 0.5) is 17.6 Å². The maximum Gasteiger partial charge on any atom is 0.426 e. The molecule has 4 aromatic carbocycles. The second-order valence-electron chi connectivity index (χ2n) is 10.1. The van der Waals surface area contributed by atoms with Gasteiger partial charge in [-0.2, -0.15) is 13.2 Å². The van der Waals surface area contributed by atoms with E-state index in [-0.39, 0.29) is 16.3 Å². The van der Waals surface area contributed by atoms with Gasteiger partial charge in [0.1, 0.15) is 6.33 Å². The summed E-state index contributed by atoms with van der Waals surface area (Å²) in [5, 5.41) is 3.15. The van der Waals surface area contributed by atoms with Gasteiger partial charge in [0.25, 0.3) is 0 Å². The summed E-state index contributed by atoms with van der Waals surface area (Å²) in [5.41, 5.74) is -2.02. The summed E-state index contributed by atoms with van der Waals surface area (Å²) >= 11 is 0. The first-order chi connectivity index (χ1) is 16.4. The van der Waals surface area contributed by atoms with Gasteiger partial charge in [0.2, 0.25) is 5.67 Å². The number of benzene rings is 4. The molecule has 0 aliphatic rings. The van der Waals surface area contributed by atoms with Gasteiger partial charge in [-0.15, -0.1) is 0 Å². The van der Waals surface area contributed by atoms with Crippen molar-refractivity contribution < 1.29 is 17.6 Å². The molecule has 0 aliphatic heterocycles. The largest absolute Gasteiger partial charge is 0.426 e.